The van der Waals surface area contributed by atoms with Gasteiger partial charge in [0.15, 0.2) is 0 Å². The van der Waals surface area contributed by atoms with Crippen LogP contribution in [0.2, 0.25) is 0 Å². The van der Waals surface area contributed by atoms with E-state index in [1.807, 2.05) is 13.8 Å². The highest BCUT2D eigenvalue weighted by atomic mass is 32.1. The molecule has 0 heterocycles. The van der Waals surface area contributed by atoms with E-state index in [-0.39, 0.29) is 16.3 Å². The molecule has 1 rings (SSSR count). The number of hydrogen-bond donors (Lipinski definition) is 2. The van der Waals surface area contributed by atoms with E-state index >= 15 is 0 Å². The maximum absolute atomic E-state index is 13.9. The minimum absolute atomic E-state index is 0.141. The zero-order chi connectivity index (χ0) is 15.3. The summed E-state index contributed by atoms with van der Waals surface area (Å²) in [5, 5.41) is 2.74. The smallest absolute Gasteiger partial charge is 0.258 e. The molecule has 4 nitrogen and oxygen atoms in total. The highest BCUT2D eigenvalue weighted by molar-refractivity contribution is 7.80. The Kier molecular flexibility index (Phi) is 5.44. The average molecular weight is 298 g/mol. The predicted molar refractivity (Wildman–Crippen MR) is 80.5 cm³/mol. The second-order valence-corrected chi connectivity index (χ2v) is 4.86. The molecule has 0 atom stereocenters. The molecule has 1 amide bonds. The van der Waals surface area contributed by atoms with E-state index in [1.54, 1.807) is 0 Å². The van der Waals surface area contributed by atoms with Crippen molar-refractivity contribution in [3.8, 4) is 5.75 Å². The largest absolute Gasteiger partial charge is 0.496 e. The standard InChI is InChI=1S/C14H19FN2O2S/c1-4-14(5-2,13(16)20)17-12(18)11-9(15)7-6-8-10(11)19-3/h6-8H,4-5H2,1-3H3,(H2,16,20)(H,17,18). The number of hydrogen-bond acceptors (Lipinski definition) is 3. The van der Waals surface area contributed by atoms with Crippen molar-refractivity contribution in [3.63, 3.8) is 0 Å². The summed E-state index contributed by atoms with van der Waals surface area (Å²) in [6, 6.07) is 4.21. The lowest BCUT2D eigenvalue weighted by molar-refractivity contribution is 0.0912. The number of amides is 1. The van der Waals surface area contributed by atoms with Crippen molar-refractivity contribution in [1.29, 1.82) is 0 Å². The number of carbonyl (C=O) groups excluding carboxylic acids is 1. The van der Waals surface area contributed by atoms with Gasteiger partial charge < -0.3 is 15.8 Å². The van der Waals surface area contributed by atoms with Crippen molar-refractivity contribution in [3.05, 3.63) is 29.6 Å². The molecule has 0 bridgehead atoms. The van der Waals surface area contributed by atoms with Crippen LogP contribution in [-0.4, -0.2) is 23.5 Å². The number of nitrogens with two attached hydrogens (primary N) is 1. The van der Waals surface area contributed by atoms with Crippen LogP contribution in [0.3, 0.4) is 0 Å². The highest BCUT2D eigenvalue weighted by Gasteiger charge is 2.33. The molecule has 0 aliphatic carbocycles. The fourth-order valence-corrected chi connectivity index (χ4v) is 2.35. The fraction of sp³-hybridized carbons (Fsp3) is 0.429. The molecule has 20 heavy (non-hydrogen) atoms. The number of ether oxygens (including phenoxy) is 1. The van der Waals surface area contributed by atoms with Crippen LogP contribution in [0.5, 0.6) is 5.75 Å². The zero-order valence-corrected chi connectivity index (χ0v) is 12.6. The molecule has 0 aromatic heterocycles. The predicted octanol–water partition coefficient (Wildman–Crippen LogP) is 2.41. The van der Waals surface area contributed by atoms with Gasteiger partial charge in [-0.3, -0.25) is 4.79 Å². The second kappa shape index (κ2) is 6.65. The molecule has 0 radical (unpaired) electrons. The van der Waals surface area contributed by atoms with E-state index < -0.39 is 17.3 Å². The summed E-state index contributed by atoms with van der Waals surface area (Å²) in [5.41, 5.74) is 4.76. The van der Waals surface area contributed by atoms with Crippen LogP contribution in [0.25, 0.3) is 0 Å². The Hall–Kier alpha value is -1.69. The molecule has 0 spiro atoms. The maximum Gasteiger partial charge on any atom is 0.258 e. The summed E-state index contributed by atoms with van der Waals surface area (Å²) in [6.07, 6.45) is 1.06. The van der Waals surface area contributed by atoms with Crippen LogP contribution in [0.15, 0.2) is 18.2 Å². The Labute approximate surface area is 123 Å². The minimum atomic E-state index is -0.820. The molecule has 1 aromatic carbocycles. The number of thiocarbonyl (C=S) groups is 1. The molecule has 0 aliphatic heterocycles. The number of carbonyl (C=O) groups is 1. The molecule has 110 valence electrons. The number of benzene rings is 1. The van der Waals surface area contributed by atoms with Gasteiger partial charge in [0, 0.05) is 0 Å². The van der Waals surface area contributed by atoms with E-state index in [1.165, 1.54) is 25.3 Å². The van der Waals surface area contributed by atoms with Crippen molar-refractivity contribution in [2.45, 2.75) is 32.2 Å². The normalized spacial score (nSPS) is 11.0. The Morgan fingerprint density at radius 3 is 2.50 bits per heavy atom. The lowest BCUT2D eigenvalue weighted by Crippen LogP contribution is -2.56. The number of nitrogens with one attached hydrogen (secondary N) is 1. The zero-order valence-electron chi connectivity index (χ0n) is 11.8. The molecule has 3 N–H and O–H groups in total. The van der Waals surface area contributed by atoms with Gasteiger partial charge in [-0.15, -0.1) is 0 Å². The Morgan fingerprint density at radius 1 is 1.45 bits per heavy atom. The van der Waals surface area contributed by atoms with E-state index in [2.05, 4.69) is 5.32 Å². The Morgan fingerprint density at radius 2 is 2.05 bits per heavy atom. The van der Waals surface area contributed by atoms with Crippen LogP contribution < -0.4 is 15.8 Å². The van der Waals surface area contributed by atoms with Gasteiger partial charge in [-0.25, -0.2) is 4.39 Å². The molecule has 6 heteroatoms. The first kappa shape index (κ1) is 16.4. The highest BCUT2D eigenvalue weighted by Crippen LogP contribution is 2.23. The second-order valence-electron chi connectivity index (χ2n) is 4.42. The van der Waals surface area contributed by atoms with E-state index in [0.29, 0.717) is 12.8 Å². The molecule has 0 aliphatic rings. The first-order valence-electron chi connectivity index (χ1n) is 6.36. The van der Waals surface area contributed by atoms with E-state index in [4.69, 9.17) is 22.7 Å². The summed E-state index contributed by atoms with van der Waals surface area (Å²) < 4.78 is 18.9. The van der Waals surface area contributed by atoms with Crippen LogP contribution in [0.1, 0.15) is 37.0 Å². The third-order valence-electron chi connectivity index (χ3n) is 3.45. The van der Waals surface area contributed by atoms with E-state index in [9.17, 15) is 9.18 Å². The Balaban J connectivity index is 3.17. The van der Waals surface area contributed by atoms with Gasteiger partial charge in [0.05, 0.1) is 17.6 Å². The van der Waals surface area contributed by atoms with Gasteiger partial charge in [0.1, 0.15) is 17.1 Å². The van der Waals surface area contributed by atoms with Gasteiger partial charge >= 0.3 is 0 Å². The van der Waals surface area contributed by atoms with Gasteiger partial charge in [-0.1, -0.05) is 32.1 Å². The lowest BCUT2D eigenvalue weighted by Gasteiger charge is -2.31. The van der Waals surface area contributed by atoms with Gasteiger partial charge in [-0.05, 0) is 25.0 Å². The third kappa shape index (κ3) is 3.07. The summed E-state index contributed by atoms with van der Waals surface area (Å²) in [7, 11) is 1.38. The van der Waals surface area contributed by atoms with Crippen molar-refractivity contribution in [1.82, 2.24) is 5.32 Å². The van der Waals surface area contributed by atoms with Crippen LogP contribution in [0, 0.1) is 5.82 Å². The molecular weight excluding hydrogens is 279 g/mol. The van der Waals surface area contributed by atoms with Gasteiger partial charge in [-0.2, -0.15) is 0 Å². The van der Waals surface area contributed by atoms with Crippen molar-refractivity contribution >= 4 is 23.1 Å². The van der Waals surface area contributed by atoms with Crippen molar-refractivity contribution in [2.75, 3.05) is 7.11 Å². The van der Waals surface area contributed by atoms with Crippen molar-refractivity contribution < 1.29 is 13.9 Å². The fourth-order valence-electron chi connectivity index (χ4n) is 2.01. The quantitative estimate of drug-likeness (QED) is 0.792. The molecule has 0 unspecified atom stereocenters. The summed E-state index contributed by atoms with van der Waals surface area (Å²) in [6.45, 7) is 3.73. The summed E-state index contributed by atoms with van der Waals surface area (Å²) in [4.78, 5) is 12.5. The molecule has 0 fully saturated rings. The molecular formula is C14H19FN2O2S. The van der Waals surface area contributed by atoms with Gasteiger partial charge in [0.2, 0.25) is 0 Å². The summed E-state index contributed by atoms with van der Waals surface area (Å²) in [5.74, 6) is -1.06. The molecule has 0 saturated heterocycles. The third-order valence-corrected chi connectivity index (χ3v) is 3.84. The SMILES string of the molecule is CCC(CC)(NC(=O)c1c(F)cccc1OC)C(N)=S. The molecule has 1 aromatic rings. The van der Waals surface area contributed by atoms with Crippen molar-refractivity contribution in [2.24, 2.45) is 5.73 Å². The van der Waals surface area contributed by atoms with E-state index in [0.717, 1.165) is 0 Å². The lowest BCUT2D eigenvalue weighted by atomic mass is 9.92. The van der Waals surface area contributed by atoms with Crippen LogP contribution in [0.4, 0.5) is 4.39 Å². The average Bonchev–Trinajstić information content (AvgIpc) is 2.43. The maximum atomic E-state index is 13.9. The Bertz CT molecular complexity index is 516. The number of rotatable bonds is 6. The molecule has 0 saturated carbocycles. The first-order valence-corrected chi connectivity index (χ1v) is 6.77. The minimum Gasteiger partial charge on any atom is -0.496 e. The van der Waals surface area contributed by atoms with Crippen LogP contribution in [-0.2, 0) is 0 Å². The summed E-state index contributed by atoms with van der Waals surface area (Å²) >= 11 is 5.03. The number of methoxy groups -OCH3 is 1. The topological polar surface area (TPSA) is 64.3 Å². The monoisotopic (exact) mass is 298 g/mol. The first-order chi connectivity index (χ1) is 9.41. The van der Waals surface area contributed by atoms with Crippen LogP contribution >= 0.6 is 12.2 Å². The number of halogens is 1. The van der Waals surface area contributed by atoms with Gasteiger partial charge in [0.25, 0.3) is 5.91 Å².